The van der Waals surface area contributed by atoms with Gasteiger partial charge < -0.3 is 5.32 Å². The molecule has 0 spiro atoms. The third-order valence-corrected chi connectivity index (χ3v) is 5.54. The van der Waals surface area contributed by atoms with Gasteiger partial charge in [-0.1, -0.05) is 34.1 Å². The lowest BCUT2D eigenvalue weighted by molar-refractivity contribution is 0.0364. The van der Waals surface area contributed by atoms with E-state index >= 15 is 0 Å². The fourth-order valence-electron chi connectivity index (χ4n) is 4.58. The van der Waals surface area contributed by atoms with Crippen LogP contribution in [0.3, 0.4) is 0 Å². The van der Waals surface area contributed by atoms with E-state index in [2.05, 4.69) is 37.9 Å². The summed E-state index contributed by atoms with van der Waals surface area (Å²) in [6, 6.07) is 1.51. The van der Waals surface area contributed by atoms with Crippen molar-refractivity contribution in [3.8, 4) is 0 Å². The molecular formula is C17H34N2. The highest BCUT2D eigenvalue weighted by atomic mass is 15.2. The summed E-state index contributed by atoms with van der Waals surface area (Å²) in [6.45, 7) is 13.3. The van der Waals surface area contributed by atoms with E-state index in [4.69, 9.17) is 0 Å². The molecule has 2 rings (SSSR count). The predicted octanol–water partition coefficient (Wildman–Crippen LogP) is 3.52. The van der Waals surface area contributed by atoms with Crippen LogP contribution in [0.4, 0.5) is 0 Å². The molecule has 2 fully saturated rings. The van der Waals surface area contributed by atoms with Crippen LogP contribution in [0, 0.1) is 17.8 Å². The van der Waals surface area contributed by atoms with Crippen LogP contribution in [0.1, 0.15) is 59.8 Å². The van der Waals surface area contributed by atoms with Gasteiger partial charge in [-0.05, 0) is 63.1 Å². The van der Waals surface area contributed by atoms with E-state index in [1.807, 2.05) is 0 Å². The van der Waals surface area contributed by atoms with Crippen LogP contribution in [0.5, 0.6) is 0 Å². The molecule has 0 radical (unpaired) electrons. The summed E-state index contributed by atoms with van der Waals surface area (Å²) in [4.78, 5) is 2.82. The number of nitrogens with zero attached hydrogens (tertiary/aromatic N) is 1. The van der Waals surface area contributed by atoms with Gasteiger partial charge in [-0.3, -0.25) is 4.90 Å². The van der Waals surface area contributed by atoms with Crippen molar-refractivity contribution in [3.63, 3.8) is 0 Å². The first kappa shape index (κ1) is 15.3. The molecule has 1 saturated heterocycles. The molecule has 0 aromatic rings. The molecule has 1 N–H and O–H groups in total. The molecule has 1 saturated carbocycles. The normalized spacial score (nSPS) is 38.5. The lowest BCUT2D eigenvalue weighted by atomic mass is 9.75. The van der Waals surface area contributed by atoms with E-state index in [-0.39, 0.29) is 0 Å². The quantitative estimate of drug-likeness (QED) is 0.837. The zero-order valence-corrected chi connectivity index (χ0v) is 13.5. The summed E-state index contributed by atoms with van der Waals surface area (Å²) in [6.07, 6.45) is 7.01. The first-order valence-electron chi connectivity index (χ1n) is 8.63. The van der Waals surface area contributed by atoms with Gasteiger partial charge in [0.2, 0.25) is 0 Å². The highest BCUT2D eigenvalue weighted by molar-refractivity contribution is 4.95. The number of hydrogen-bond donors (Lipinski definition) is 1. The zero-order valence-electron chi connectivity index (χ0n) is 13.5. The molecule has 0 aromatic heterocycles. The Morgan fingerprint density at radius 3 is 2.32 bits per heavy atom. The van der Waals surface area contributed by atoms with Crippen molar-refractivity contribution in [2.24, 2.45) is 17.8 Å². The summed E-state index contributed by atoms with van der Waals surface area (Å²) < 4.78 is 0. The maximum atomic E-state index is 3.78. The average Bonchev–Trinajstić information content (AvgIpc) is 2.39. The molecule has 1 aliphatic heterocycles. The van der Waals surface area contributed by atoms with Crippen molar-refractivity contribution in [2.45, 2.75) is 71.9 Å². The number of likely N-dealkylation sites (N-methyl/N-ethyl adjacent to an activating group) is 1. The maximum absolute atomic E-state index is 3.78. The van der Waals surface area contributed by atoms with Gasteiger partial charge in [-0.25, -0.2) is 0 Å². The minimum atomic E-state index is 0.724. The Labute approximate surface area is 120 Å². The highest BCUT2D eigenvalue weighted by Gasteiger charge is 2.38. The van der Waals surface area contributed by atoms with E-state index in [9.17, 15) is 0 Å². The molecule has 2 aliphatic rings. The Bertz CT molecular complexity index is 258. The van der Waals surface area contributed by atoms with E-state index < -0.39 is 0 Å². The standard InChI is InChI=1S/C17H34N2/c1-5-15-7-9-19(10-8-15)17-14(4)11-13(3)12-16(17)18-6-2/h13-18H,5-12H2,1-4H3. The third kappa shape index (κ3) is 3.72. The Hall–Kier alpha value is -0.0800. The van der Waals surface area contributed by atoms with Crippen LogP contribution in [0.15, 0.2) is 0 Å². The second-order valence-electron chi connectivity index (χ2n) is 7.10. The van der Waals surface area contributed by atoms with Crippen LogP contribution < -0.4 is 5.32 Å². The third-order valence-electron chi connectivity index (χ3n) is 5.54. The number of hydrogen-bond acceptors (Lipinski definition) is 2. The predicted molar refractivity (Wildman–Crippen MR) is 83.4 cm³/mol. The summed E-state index contributed by atoms with van der Waals surface area (Å²) in [5.74, 6) is 2.74. The first-order valence-corrected chi connectivity index (χ1v) is 8.63. The molecule has 0 amide bonds. The van der Waals surface area contributed by atoms with Crippen LogP contribution in [-0.2, 0) is 0 Å². The van der Waals surface area contributed by atoms with Gasteiger partial charge >= 0.3 is 0 Å². The summed E-state index contributed by atoms with van der Waals surface area (Å²) in [5, 5.41) is 3.78. The summed E-state index contributed by atoms with van der Waals surface area (Å²) in [5.41, 5.74) is 0. The fourth-order valence-corrected chi connectivity index (χ4v) is 4.58. The van der Waals surface area contributed by atoms with Crippen molar-refractivity contribution >= 4 is 0 Å². The van der Waals surface area contributed by atoms with Gasteiger partial charge in [0, 0.05) is 12.1 Å². The molecule has 0 aromatic carbocycles. The Morgan fingerprint density at radius 2 is 1.74 bits per heavy atom. The smallest absolute Gasteiger partial charge is 0.0275 e. The largest absolute Gasteiger partial charge is 0.313 e. The second-order valence-corrected chi connectivity index (χ2v) is 7.10. The fraction of sp³-hybridized carbons (Fsp3) is 1.00. The molecule has 2 heteroatoms. The first-order chi connectivity index (χ1) is 9.15. The molecule has 19 heavy (non-hydrogen) atoms. The Kier molecular flexibility index (Phi) is 5.70. The number of likely N-dealkylation sites (tertiary alicyclic amines) is 1. The van der Waals surface area contributed by atoms with Crippen LogP contribution in [-0.4, -0.2) is 36.6 Å². The molecule has 4 atom stereocenters. The second kappa shape index (κ2) is 7.08. The van der Waals surface area contributed by atoms with Crippen molar-refractivity contribution in [2.75, 3.05) is 19.6 Å². The van der Waals surface area contributed by atoms with Crippen LogP contribution in [0.25, 0.3) is 0 Å². The number of rotatable bonds is 4. The summed E-state index contributed by atoms with van der Waals surface area (Å²) in [7, 11) is 0. The lowest BCUT2D eigenvalue weighted by Gasteiger charge is -2.48. The molecule has 2 nitrogen and oxygen atoms in total. The molecule has 4 unspecified atom stereocenters. The molecule has 1 heterocycles. The highest BCUT2D eigenvalue weighted by Crippen LogP contribution is 2.34. The van der Waals surface area contributed by atoms with Gasteiger partial charge in [-0.15, -0.1) is 0 Å². The number of nitrogens with one attached hydrogen (secondary N) is 1. The van der Waals surface area contributed by atoms with Gasteiger partial charge in [-0.2, -0.15) is 0 Å². The van der Waals surface area contributed by atoms with Gasteiger partial charge in [0.1, 0.15) is 0 Å². The van der Waals surface area contributed by atoms with Crippen molar-refractivity contribution in [3.05, 3.63) is 0 Å². The van der Waals surface area contributed by atoms with Crippen molar-refractivity contribution in [1.29, 1.82) is 0 Å². The minimum absolute atomic E-state index is 0.724. The Morgan fingerprint density at radius 1 is 1.05 bits per heavy atom. The lowest BCUT2D eigenvalue weighted by Crippen LogP contribution is -2.58. The van der Waals surface area contributed by atoms with Crippen LogP contribution in [0.2, 0.25) is 0 Å². The molecule has 112 valence electrons. The van der Waals surface area contributed by atoms with E-state index in [0.717, 1.165) is 36.4 Å². The Balaban J connectivity index is 1.98. The number of piperidine rings is 1. The van der Waals surface area contributed by atoms with Gasteiger partial charge in [0.25, 0.3) is 0 Å². The maximum Gasteiger partial charge on any atom is 0.0275 e. The average molecular weight is 266 g/mol. The van der Waals surface area contributed by atoms with Crippen molar-refractivity contribution < 1.29 is 0 Å². The van der Waals surface area contributed by atoms with Gasteiger partial charge in [0.05, 0.1) is 0 Å². The SMILES string of the molecule is CCNC1CC(C)CC(C)C1N1CCC(CC)CC1. The van der Waals surface area contributed by atoms with E-state index in [1.54, 1.807) is 0 Å². The molecule has 0 bridgehead atoms. The van der Waals surface area contributed by atoms with E-state index in [1.165, 1.54) is 45.2 Å². The topological polar surface area (TPSA) is 15.3 Å². The zero-order chi connectivity index (χ0) is 13.8. The summed E-state index contributed by atoms with van der Waals surface area (Å²) >= 11 is 0. The molecule has 1 aliphatic carbocycles. The minimum Gasteiger partial charge on any atom is -0.313 e. The van der Waals surface area contributed by atoms with Gasteiger partial charge in [0.15, 0.2) is 0 Å². The van der Waals surface area contributed by atoms with Crippen LogP contribution >= 0.6 is 0 Å². The monoisotopic (exact) mass is 266 g/mol. The van der Waals surface area contributed by atoms with E-state index in [0.29, 0.717) is 0 Å². The molecular weight excluding hydrogens is 232 g/mol. The van der Waals surface area contributed by atoms with Crippen molar-refractivity contribution in [1.82, 2.24) is 10.2 Å².